The molecule has 172 valence electrons. The number of alkyl halides is 1. The molecule has 0 aromatic rings. The number of ether oxygens (including phenoxy) is 1. The second-order valence-corrected chi connectivity index (χ2v) is 17.6. The quantitative estimate of drug-likeness (QED) is 0.288. The smallest absolute Gasteiger partial charge is 0.200 e. The zero-order valence-corrected chi connectivity index (χ0v) is 22.8. The largest absolute Gasteiger partial charge is 0.412 e. The highest BCUT2D eigenvalue weighted by Crippen LogP contribution is 2.55. The Morgan fingerprint density at radius 1 is 0.828 bits per heavy atom. The molecule has 0 aromatic carbocycles. The summed E-state index contributed by atoms with van der Waals surface area (Å²) < 4.78 is 14.1. The number of aliphatic hydroxyl groups excluding tert-OH is 1. The summed E-state index contributed by atoms with van der Waals surface area (Å²) >= 11 is 3.96. The molecule has 0 unspecified atom stereocenters. The molecular weight excluding hydrogens is 444 g/mol. The Hall–Kier alpha value is 0.577. The van der Waals surface area contributed by atoms with E-state index < -0.39 is 14.4 Å². The van der Waals surface area contributed by atoms with E-state index in [1.807, 2.05) is 13.8 Å². The van der Waals surface area contributed by atoms with Gasteiger partial charge in [0.05, 0.1) is 24.4 Å². The van der Waals surface area contributed by atoms with Crippen LogP contribution in [0, 0.1) is 5.41 Å². The average Bonchev–Trinajstić information content (AvgIpc) is 2.63. The van der Waals surface area contributed by atoms with Crippen molar-refractivity contribution in [2.75, 3.05) is 0 Å². The number of hydrogen-bond donors (Lipinski definition) is 1. The van der Waals surface area contributed by atoms with Crippen molar-refractivity contribution < 1.29 is 14.3 Å². The van der Waals surface area contributed by atoms with Crippen LogP contribution in [0.3, 0.4) is 0 Å². The minimum atomic E-state index is -1.97. The highest BCUT2D eigenvalue weighted by molar-refractivity contribution is 9.09. The topological polar surface area (TPSA) is 38.7 Å². The lowest BCUT2D eigenvalue weighted by Gasteiger charge is -2.57. The van der Waals surface area contributed by atoms with Gasteiger partial charge in [0.1, 0.15) is 0 Å². The zero-order valence-electron chi connectivity index (χ0n) is 20.2. The summed E-state index contributed by atoms with van der Waals surface area (Å²) in [7, 11) is -1.97. The summed E-state index contributed by atoms with van der Waals surface area (Å²) in [5.74, 6) is 0. The molecule has 5 heteroatoms. The van der Waals surface area contributed by atoms with Gasteiger partial charge in [0.2, 0.25) is 8.32 Å². The Labute approximate surface area is 190 Å². The van der Waals surface area contributed by atoms with Crippen molar-refractivity contribution in [3.05, 3.63) is 0 Å². The van der Waals surface area contributed by atoms with Crippen LogP contribution in [0.25, 0.3) is 0 Å². The van der Waals surface area contributed by atoms with E-state index in [0.717, 1.165) is 12.8 Å². The normalized spacial score (nSPS) is 30.3. The van der Waals surface area contributed by atoms with E-state index in [4.69, 9.17) is 9.16 Å². The van der Waals surface area contributed by atoms with Gasteiger partial charge < -0.3 is 14.3 Å². The molecule has 0 aliphatic heterocycles. The van der Waals surface area contributed by atoms with E-state index in [-0.39, 0.29) is 23.7 Å². The molecule has 2 aliphatic rings. The molecule has 1 N–H and O–H groups in total. The summed E-state index contributed by atoms with van der Waals surface area (Å²) in [4.78, 5) is 0.421. The van der Waals surface area contributed by atoms with Crippen LogP contribution < -0.4 is 0 Å². The molecule has 3 nitrogen and oxygen atoms in total. The van der Waals surface area contributed by atoms with Gasteiger partial charge in [0.15, 0.2) is 0 Å². The third-order valence-electron chi connectivity index (χ3n) is 8.12. The maximum Gasteiger partial charge on any atom is 0.200 e. The predicted octanol–water partition coefficient (Wildman–Crippen LogP) is 7.21. The van der Waals surface area contributed by atoms with Crippen molar-refractivity contribution in [2.24, 2.45) is 5.41 Å². The first-order valence-electron chi connectivity index (χ1n) is 12.1. The Kier molecular flexibility index (Phi) is 9.32. The van der Waals surface area contributed by atoms with E-state index >= 15 is 0 Å². The van der Waals surface area contributed by atoms with Gasteiger partial charge in [-0.3, -0.25) is 0 Å². The fourth-order valence-electron chi connectivity index (χ4n) is 6.48. The first kappa shape index (κ1) is 25.8. The summed E-state index contributed by atoms with van der Waals surface area (Å²) in [6, 6.07) is 0. The Balaban J connectivity index is 2.43. The maximum atomic E-state index is 10.1. The monoisotopic (exact) mass is 490 g/mol. The third-order valence-corrected chi connectivity index (χ3v) is 15.0. The lowest BCUT2D eigenvalue weighted by molar-refractivity contribution is -0.172. The molecule has 5 atom stereocenters. The summed E-state index contributed by atoms with van der Waals surface area (Å²) in [5.41, 5.74) is 1.88. The minimum absolute atomic E-state index is 0.0998. The number of aliphatic hydroxyl groups is 1. The maximum absolute atomic E-state index is 10.1. The average molecular weight is 492 g/mol. The number of hydrogen-bond acceptors (Lipinski definition) is 3. The van der Waals surface area contributed by atoms with Gasteiger partial charge in [-0.15, -0.1) is 0 Å². The fraction of sp³-hybridized carbons (Fsp3) is 1.00. The molecule has 0 bridgehead atoms. The molecule has 29 heavy (non-hydrogen) atoms. The van der Waals surface area contributed by atoms with Gasteiger partial charge in [-0.05, 0) is 56.2 Å². The van der Waals surface area contributed by atoms with E-state index in [2.05, 4.69) is 57.5 Å². The van der Waals surface area contributed by atoms with E-state index in [1.165, 1.54) is 32.1 Å². The van der Waals surface area contributed by atoms with Crippen LogP contribution in [0.15, 0.2) is 0 Å². The molecule has 0 saturated heterocycles. The summed E-state index contributed by atoms with van der Waals surface area (Å²) in [5, 5.41) is 10.1. The summed E-state index contributed by atoms with van der Waals surface area (Å²) in [6.07, 6.45) is 8.22. The molecule has 0 radical (unpaired) electrons. The van der Waals surface area contributed by atoms with Crippen molar-refractivity contribution in [1.29, 1.82) is 0 Å². The molecule has 2 fully saturated rings. The highest BCUT2D eigenvalue weighted by Gasteiger charge is 2.56. The molecular formula is C24H47BrO3Si. The highest BCUT2D eigenvalue weighted by atomic mass is 79.9. The van der Waals surface area contributed by atoms with Crippen molar-refractivity contribution in [3.8, 4) is 0 Å². The molecule has 0 aromatic heterocycles. The van der Waals surface area contributed by atoms with Gasteiger partial charge in [0.25, 0.3) is 0 Å². The number of rotatable bonds is 8. The molecule has 2 aliphatic carbocycles. The van der Waals surface area contributed by atoms with Gasteiger partial charge in [0, 0.05) is 10.2 Å². The molecule has 0 amide bonds. The van der Waals surface area contributed by atoms with E-state index in [0.29, 0.717) is 21.5 Å². The van der Waals surface area contributed by atoms with Crippen LogP contribution in [0.5, 0.6) is 0 Å². The Morgan fingerprint density at radius 3 is 1.76 bits per heavy atom. The van der Waals surface area contributed by atoms with Gasteiger partial charge in [-0.1, -0.05) is 76.7 Å². The summed E-state index contributed by atoms with van der Waals surface area (Å²) in [6.45, 7) is 18.2. The molecule has 1 spiro atoms. The van der Waals surface area contributed by atoms with Crippen LogP contribution >= 0.6 is 15.9 Å². The van der Waals surface area contributed by atoms with Gasteiger partial charge >= 0.3 is 0 Å². The minimum Gasteiger partial charge on any atom is -0.412 e. The lowest BCUT2D eigenvalue weighted by atomic mass is 9.62. The standard InChI is InChI=1S/C24H47BrO3Si/c1-16(2)29(17(3)4,18(5)6)28-23-15-21(25)14-22(27-20(8)19(7)26)24(23)12-10-9-11-13-24/h16-23,26H,9-15H2,1-8H3/t19-,20+,21+,22-,23-/m1/s1. The SMILES string of the molecule is CC(C)[Si](O[C@@H]1C[C@@H](Br)C[C@@H](O[C@@H](C)[C@@H](C)O)C12CCCCC2)(C(C)C)C(C)C. The zero-order chi connectivity index (χ0) is 22.0. The lowest BCUT2D eigenvalue weighted by Crippen LogP contribution is -2.60. The first-order chi connectivity index (χ1) is 13.5. The van der Waals surface area contributed by atoms with E-state index in [9.17, 15) is 5.11 Å². The van der Waals surface area contributed by atoms with Crippen molar-refractivity contribution in [2.45, 2.75) is 146 Å². The van der Waals surface area contributed by atoms with Crippen LogP contribution in [0.4, 0.5) is 0 Å². The van der Waals surface area contributed by atoms with Crippen LogP contribution in [0.2, 0.25) is 16.6 Å². The molecule has 2 saturated carbocycles. The Morgan fingerprint density at radius 2 is 1.31 bits per heavy atom. The molecule has 0 heterocycles. The van der Waals surface area contributed by atoms with Crippen molar-refractivity contribution in [3.63, 3.8) is 0 Å². The van der Waals surface area contributed by atoms with Crippen molar-refractivity contribution in [1.82, 2.24) is 0 Å². The second-order valence-electron chi connectivity index (χ2n) is 10.9. The van der Waals surface area contributed by atoms with Crippen LogP contribution in [-0.4, -0.2) is 42.7 Å². The predicted molar refractivity (Wildman–Crippen MR) is 129 cm³/mol. The van der Waals surface area contributed by atoms with Crippen LogP contribution in [0.1, 0.15) is 100 Å². The second kappa shape index (κ2) is 10.5. The first-order valence-corrected chi connectivity index (χ1v) is 15.2. The molecule has 2 rings (SSSR count). The van der Waals surface area contributed by atoms with Gasteiger partial charge in [-0.25, -0.2) is 0 Å². The number of halogens is 1. The Bertz CT molecular complexity index is 481. The fourth-order valence-corrected chi connectivity index (χ4v) is 12.8. The van der Waals surface area contributed by atoms with Gasteiger partial charge in [-0.2, -0.15) is 0 Å². The van der Waals surface area contributed by atoms with Crippen molar-refractivity contribution >= 4 is 24.2 Å². The van der Waals surface area contributed by atoms with E-state index in [1.54, 1.807) is 0 Å². The van der Waals surface area contributed by atoms with Crippen LogP contribution in [-0.2, 0) is 9.16 Å². The third kappa shape index (κ3) is 5.32.